The topological polar surface area (TPSA) is 92.4 Å². The maximum Gasteiger partial charge on any atom is 0.308 e. The van der Waals surface area contributed by atoms with E-state index in [2.05, 4.69) is 10.5 Å². The molecule has 0 saturated carbocycles. The number of hydrogen-bond acceptors (Lipinski definition) is 4. The molecule has 0 aliphatic carbocycles. The summed E-state index contributed by atoms with van der Waals surface area (Å²) in [4.78, 5) is 23.5. The van der Waals surface area contributed by atoms with Crippen LogP contribution in [0.25, 0.3) is 10.8 Å². The summed E-state index contributed by atoms with van der Waals surface area (Å²) < 4.78 is 4.88. The number of carbonyl (C=O) groups excluding carboxylic acids is 1. The average Bonchev–Trinajstić information content (AvgIpc) is 3.04. The van der Waals surface area contributed by atoms with Crippen LogP contribution in [0, 0.1) is 12.8 Å². The van der Waals surface area contributed by atoms with Gasteiger partial charge in [0, 0.05) is 12.6 Å². The van der Waals surface area contributed by atoms with Gasteiger partial charge in [0.15, 0.2) is 0 Å². The van der Waals surface area contributed by atoms with Gasteiger partial charge in [-0.3, -0.25) is 9.59 Å². The minimum Gasteiger partial charge on any atom is -0.481 e. The number of aromatic nitrogens is 1. The molecule has 0 spiro atoms. The fourth-order valence-corrected chi connectivity index (χ4v) is 2.67. The molecule has 1 atom stereocenters. The summed E-state index contributed by atoms with van der Waals surface area (Å²) in [5.74, 6) is -2.07. The lowest BCUT2D eigenvalue weighted by molar-refractivity contribution is -0.141. The molecule has 25 heavy (non-hydrogen) atoms. The van der Waals surface area contributed by atoms with Crippen LogP contribution in [0.4, 0.5) is 0 Å². The Morgan fingerprint density at radius 3 is 2.60 bits per heavy atom. The Labute approximate surface area is 144 Å². The fourth-order valence-electron chi connectivity index (χ4n) is 2.67. The molecule has 0 aliphatic rings. The van der Waals surface area contributed by atoms with E-state index in [1.54, 1.807) is 6.92 Å². The van der Waals surface area contributed by atoms with Crippen LogP contribution in [0.3, 0.4) is 0 Å². The largest absolute Gasteiger partial charge is 0.481 e. The van der Waals surface area contributed by atoms with Gasteiger partial charge in [-0.1, -0.05) is 47.6 Å². The summed E-state index contributed by atoms with van der Waals surface area (Å²) in [7, 11) is 0. The summed E-state index contributed by atoms with van der Waals surface area (Å²) in [5.41, 5.74) is 1.51. The number of nitrogens with one attached hydrogen (secondary N) is 1. The van der Waals surface area contributed by atoms with Crippen LogP contribution in [0.15, 0.2) is 53.1 Å². The molecule has 1 heterocycles. The number of rotatable bonds is 6. The first kappa shape index (κ1) is 16.7. The fraction of sp³-hybridized carbons (Fsp3) is 0.211. The van der Waals surface area contributed by atoms with Crippen molar-refractivity contribution in [2.45, 2.75) is 13.3 Å². The maximum absolute atomic E-state index is 12.0. The van der Waals surface area contributed by atoms with E-state index in [4.69, 9.17) is 4.52 Å². The smallest absolute Gasteiger partial charge is 0.308 e. The number of fused-ring (bicyclic) bond motifs is 1. The summed E-state index contributed by atoms with van der Waals surface area (Å²) in [5, 5.41) is 17.9. The second-order valence-corrected chi connectivity index (χ2v) is 5.96. The molecule has 128 valence electrons. The molecule has 0 aliphatic heterocycles. The van der Waals surface area contributed by atoms with Gasteiger partial charge in [-0.2, -0.15) is 0 Å². The summed E-state index contributed by atoms with van der Waals surface area (Å²) in [6.07, 6.45) is 0.329. The third-order valence-electron chi connectivity index (χ3n) is 4.01. The Morgan fingerprint density at radius 1 is 1.16 bits per heavy atom. The van der Waals surface area contributed by atoms with Crippen molar-refractivity contribution in [1.82, 2.24) is 10.5 Å². The molecule has 0 unspecified atom stereocenters. The van der Waals surface area contributed by atoms with Crippen LogP contribution in [-0.4, -0.2) is 28.7 Å². The number of amides is 1. The Balaban J connectivity index is 1.68. The predicted molar refractivity (Wildman–Crippen MR) is 92.4 cm³/mol. The van der Waals surface area contributed by atoms with Crippen LogP contribution < -0.4 is 5.32 Å². The van der Waals surface area contributed by atoms with Crippen LogP contribution in [0.5, 0.6) is 0 Å². The SMILES string of the molecule is Cc1cc(C(=O)NC[C@@H](Cc2ccc3ccccc3c2)C(=O)O)on1. The molecular weight excluding hydrogens is 320 g/mol. The van der Waals surface area contributed by atoms with Crippen molar-refractivity contribution < 1.29 is 19.2 Å². The number of carboxylic acid groups (broad SMARTS) is 1. The standard InChI is InChI=1S/C19H18N2O4/c1-12-8-17(25-21-12)18(22)20-11-16(19(23)24)10-13-6-7-14-4-2-3-5-15(14)9-13/h2-9,16H,10-11H2,1H3,(H,20,22)(H,23,24)/t16-/m1/s1. The first-order valence-corrected chi connectivity index (χ1v) is 7.95. The molecule has 1 amide bonds. The van der Waals surface area contributed by atoms with Gasteiger partial charge in [-0.05, 0) is 29.7 Å². The third kappa shape index (κ3) is 4.03. The first-order chi connectivity index (χ1) is 12.0. The van der Waals surface area contributed by atoms with E-state index in [1.807, 2.05) is 42.5 Å². The van der Waals surface area contributed by atoms with E-state index < -0.39 is 17.8 Å². The van der Waals surface area contributed by atoms with Crippen molar-refractivity contribution in [3.8, 4) is 0 Å². The van der Waals surface area contributed by atoms with E-state index >= 15 is 0 Å². The summed E-state index contributed by atoms with van der Waals surface area (Å²) in [6, 6.07) is 15.3. The van der Waals surface area contributed by atoms with E-state index in [1.165, 1.54) is 6.07 Å². The first-order valence-electron chi connectivity index (χ1n) is 7.95. The molecule has 1 aromatic heterocycles. The molecule has 0 radical (unpaired) electrons. The van der Waals surface area contributed by atoms with Gasteiger partial charge >= 0.3 is 5.97 Å². The van der Waals surface area contributed by atoms with Crippen molar-refractivity contribution in [3.63, 3.8) is 0 Å². The lowest BCUT2D eigenvalue weighted by Crippen LogP contribution is -2.34. The zero-order valence-electron chi connectivity index (χ0n) is 13.7. The van der Waals surface area contributed by atoms with Crippen LogP contribution in [-0.2, 0) is 11.2 Å². The van der Waals surface area contributed by atoms with Crippen LogP contribution in [0.1, 0.15) is 21.8 Å². The zero-order valence-corrected chi connectivity index (χ0v) is 13.7. The van der Waals surface area contributed by atoms with Crippen LogP contribution >= 0.6 is 0 Å². The number of hydrogen-bond donors (Lipinski definition) is 2. The number of aliphatic carboxylic acids is 1. The number of aryl methyl sites for hydroxylation is 1. The van der Waals surface area contributed by atoms with Gasteiger partial charge in [-0.25, -0.2) is 0 Å². The Bertz CT molecular complexity index is 916. The highest BCUT2D eigenvalue weighted by Gasteiger charge is 2.20. The molecule has 0 saturated heterocycles. The van der Waals surface area contributed by atoms with Crippen molar-refractivity contribution in [2.75, 3.05) is 6.54 Å². The van der Waals surface area contributed by atoms with Crippen LogP contribution in [0.2, 0.25) is 0 Å². The van der Waals surface area contributed by atoms with Gasteiger partial charge in [0.05, 0.1) is 11.6 Å². The number of benzene rings is 2. The van der Waals surface area contributed by atoms with Gasteiger partial charge in [0.25, 0.3) is 5.91 Å². The lowest BCUT2D eigenvalue weighted by atomic mass is 9.97. The number of nitrogens with zero attached hydrogens (tertiary/aromatic N) is 1. The highest BCUT2D eigenvalue weighted by atomic mass is 16.5. The van der Waals surface area contributed by atoms with E-state index in [9.17, 15) is 14.7 Å². The second-order valence-electron chi connectivity index (χ2n) is 5.96. The molecule has 6 heteroatoms. The van der Waals surface area contributed by atoms with Gasteiger partial charge in [-0.15, -0.1) is 0 Å². The average molecular weight is 338 g/mol. The monoisotopic (exact) mass is 338 g/mol. The number of carboxylic acids is 1. The Morgan fingerprint density at radius 2 is 1.92 bits per heavy atom. The lowest BCUT2D eigenvalue weighted by Gasteiger charge is -2.13. The van der Waals surface area contributed by atoms with Gasteiger partial charge in [0.2, 0.25) is 5.76 Å². The molecule has 0 fully saturated rings. The second kappa shape index (κ2) is 7.17. The molecule has 0 bridgehead atoms. The van der Waals surface area contributed by atoms with E-state index in [-0.39, 0.29) is 12.3 Å². The minimum absolute atomic E-state index is 0.0146. The molecular formula is C19H18N2O4. The Kier molecular flexibility index (Phi) is 4.79. The summed E-state index contributed by atoms with van der Waals surface area (Å²) in [6.45, 7) is 1.72. The normalized spacial score (nSPS) is 12.0. The van der Waals surface area contributed by atoms with Crippen molar-refractivity contribution in [3.05, 3.63) is 65.5 Å². The Hall–Kier alpha value is -3.15. The minimum atomic E-state index is -0.956. The molecule has 6 nitrogen and oxygen atoms in total. The highest BCUT2D eigenvalue weighted by molar-refractivity contribution is 5.91. The van der Waals surface area contributed by atoms with Gasteiger partial charge < -0.3 is 14.9 Å². The van der Waals surface area contributed by atoms with Crippen molar-refractivity contribution >= 4 is 22.6 Å². The van der Waals surface area contributed by atoms with E-state index in [0.29, 0.717) is 12.1 Å². The third-order valence-corrected chi connectivity index (χ3v) is 4.01. The van der Waals surface area contributed by atoms with Crippen molar-refractivity contribution in [1.29, 1.82) is 0 Å². The van der Waals surface area contributed by atoms with E-state index in [0.717, 1.165) is 16.3 Å². The molecule has 2 N–H and O–H groups in total. The maximum atomic E-state index is 12.0. The van der Waals surface area contributed by atoms with Crippen molar-refractivity contribution in [2.24, 2.45) is 5.92 Å². The molecule has 3 aromatic rings. The summed E-state index contributed by atoms with van der Waals surface area (Å²) >= 11 is 0. The number of carbonyl (C=O) groups is 2. The molecule has 2 aromatic carbocycles. The highest BCUT2D eigenvalue weighted by Crippen LogP contribution is 2.18. The zero-order chi connectivity index (χ0) is 17.8. The quantitative estimate of drug-likeness (QED) is 0.721. The predicted octanol–water partition coefficient (Wildman–Crippen LogP) is 2.81. The van der Waals surface area contributed by atoms with Gasteiger partial charge in [0.1, 0.15) is 0 Å². The molecule has 3 rings (SSSR count).